The quantitative estimate of drug-likeness (QED) is 0.0496. The van der Waals surface area contributed by atoms with Gasteiger partial charge in [-0.1, -0.05) is 112 Å². The van der Waals surface area contributed by atoms with Gasteiger partial charge in [-0.05, 0) is 115 Å². The average molecular weight is 765 g/mol. The predicted octanol–water partition coefficient (Wildman–Crippen LogP) is 13.0. The van der Waals surface area contributed by atoms with Crippen molar-refractivity contribution in [2.45, 2.75) is 71.8 Å². The summed E-state index contributed by atoms with van der Waals surface area (Å²) in [6, 6.07) is 52.4. The number of unbranched alkanes of at least 4 members (excludes halogenated alkanes) is 4. The van der Waals surface area contributed by atoms with Gasteiger partial charge in [0.15, 0.2) is 0 Å². The Labute approximate surface area is 344 Å². The van der Waals surface area contributed by atoms with Crippen molar-refractivity contribution in [2.75, 3.05) is 34.6 Å². The van der Waals surface area contributed by atoms with Crippen molar-refractivity contribution in [3.8, 4) is 0 Å². The average Bonchev–Trinajstić information content (AvgIpc) is 3.59. The van der Waals surface area contributed by atoms with Gasteiger partial charge in [0, 0.05) is 65.8 Å². The number of para-hydroxylation sites is 4. The fourth-order valence-corrected chi connectivity index (χ4v) is 8.29. The Hall–Kier alpha value is -6.14. The molecular formula is C52H56N6. The van der Waals surface area contributed by atoms with Crippen molar-refractivity contribution in [3.63, 3.8) is 0 Å². The maximum Gasteiger partial charge on any atom is 0.0593 e. The fraction of sp³-hybridized carbons (Fsp3) is 0.269. The van der Waals surface area contributed by atoms with E-state index in [1.54, 1.807) is 0 Å². The number of rotatable bonds is 18. The highest BCUT2D eigenvalue weighted by Crippen LogP contribution is 2.39. The molecule has 6 aromatic carbocycles. The number of hydrogen-bond donors (Lipinski definition) is 0. The lowest BCUT2D eigenvalue weighted by molar-refractivity contribution is 0.648. The molecule has 7 aromatic rings. The van der Waals surface area contributed by atoms with Gasteiger partial charge in [0.25, 0.3) is 0 Å². The minimum atomic E-state index is 0.835. The maximum atomic E-state index is 5.09. The zero-order chi connectivity index (χ0) is 39.5. The van der Waals surface area contributed by atoms with E-state index in [1.807, 2.05) is 12.4 Å². The number of nitrogens with zero attached hydrogens (tertiary/aromatic N) is 6. The van der Waals surface area contributed by atoms with Gasteiger partial charge in [0.1, 0.15) is 0 Å². The van der Waals surface area contributed by atoms with Crippen LogP contribution < -0.4 is 14.9 Å². The molecule has 1 aliphatic heterocycles. The van der Waals surface area contributed by atoms with Gasteiger partial charge in [-0.25, -0.2) is 0 Å². The minimum Gasteiger partial charge on any atom is -0.341 e. The van der Waals surface area contributed by atoms with E-state index in [2.05, 4.69) is 179 Å². The summed E-state index contributed by atoms with van der Waals surface area (Å²) in [7, 11) is 0. The van der Waals surface area contributed by atoms with Gasteiger partial charge < -0.3 is 9.47 Å². The lowest BCUT2D eigenvalue weighted by Crippen LogP contribution is -2.24. The molecule has 1 aromatic heterocycles. The van der Waals surface area contributed by atoms with E-state index in [0.717, 1.165) is 74.4 Å². The van der Waals surface area contributed by atoms with Crippen LogP contribution in [0.3, 0.4) is 0 Å². The fourth-order valence-electron chi connectivity index (χ4n) is 8.29. The smallest absolute Gasteiger partial charge is 0.0593 e. The highest BCUT2D eigenvalue weighted by molar-refractivity contribution is 6.09. The zero-order valence-corrected chi connectivity index (χ0v) is 34.2. The molecule has 0 radical (unpaired) electrons. The second-order valence-electron chi connectivity index (χ2n) is 15.5. The number of fused-ring (bicyclic) bond motifs is 5. The molecule has 0 fully saturated rings. The highest BCUT2D eigenvalue weighted by Gasteiger charge is 2.22. The van der Waals surface area contributed by atoms with E-state index in [9.17, 15) is 0 Å². The van der Waals surface area contributed by atoms with Crippen LogP contribution >= 0.6 is 0 Å². The molecule has 0 atom stereocenters. The molecule has 294 valence electrons. The van der Waals surface area contributed by atoms with Gasteiger partial charge in [-0.3, -0.25) is 10.0 Å². The summed E-state index contributed by atoms with van der Waals surface area (Å²) in [5.41, 5.74) is 12.5. The molecular weight excluding hydrogens is 709 g/mol. The van der Waals surface area contributed by atoms with Crippen LogP contribution in [0.4, 0.5) is 22.7 Å². The Morgan fingerprint density at radius 3 is 1.78 bits per heavy atom. The Morgan fingerprint density at radius 1 is 0.500 bits per heavy atom. The number of aryl methyl sites for hydroxylation is 1. The van der Waals surface area contributed by atoms with Crippen LogP contribution in [0.15, 0.2) is 156 Å². The lowest BCUT2D eigenvalue weighted by atomic mass is 9.94. The SMILES string of the molecule is CCCCN1c2ccccc2Cc2cc(C=NN(CCCCCN(N=Cc3ccc4c(c3)c3ccccc3n4CCCC)c3ccccc3)c3ccccc3)ccc21. The Balaban J connectivity index is 0.937. The summed E-state index contributed by atoms with van der Waals surface area (Å²) in [6.45, 7) is 8.26. The van der Waals surface area contributed by atoms with E-state index in [-0.39, 0.29) is 0 Å². The molecule has 0 unspecified atom stereocenters. The van der Waals surface area contributed by atoms with Gasteiger partial charge in [0.05, 0.1) is 23.8 Å². The molecule has 2 heterocycles. The second kappa shape index (κ2) is 18.9. The summed E-state index contributed by atoms with van der Waals surface area (Å²) in [5, 5.41) is 17.1. The minimum absolute atomic E-state index is 0.835. The third-order valence-electron chi connectivity index (χ3n) is 11.4. The van der Waals surface area contributed by atoms with Crippen molar-refractivity contribution in [3.05, 3.63) is 168 Å². The molecule has 1 aliphatic rings. The van der Waals surface area contributed by atoms with E-state index < -0.39 is 0 Å². The number of hydrogen-bond acceptors (Lipinski definition) is 5. The van der Waals surface area contributed by atoms with Gasteiger partial charge >= 0.3 is 0 Å². The molecule has 0 N–H and O–H groups in total. The van der Waals surface area contributed by atoms with Crippen LogP contribution in [-0.2, 0) is 13.0 Å². The van der Waals surface area contributed by atoms with Crippen LogP contribution in [0.25, 0.3) is 21.8 Å². The largest absolute Gasteiger partial charge is 0.341 e. The van der Waals surface area contributed by atoms with Crippen LogP contribution in [0.1, 0.15) is 81.0 Å². The standard InChI is InChI=1S/C52H56N6/c1-3-5-32-55-49-26-16-14-20-43(49)38-44-36-41(28-30-50(44)55)39-53-57(45-21-10-7-11-22-45)34-18-9-19-35-58(46-23-12-8-13-24-46)54-40-42-29-31-52-48(37-42)47-25-15-17-27-51(47)56(52)33-6-4-2/h7-8,10-17,20-31,36-37,39-40H,3-6,9,18-19,32-35,38H2,1-2H3. The second-order valence-corrected chi connectivity index (χ2v) is 15.5. The van der Waals surface area contributed by atoms with Crippen LogP contribution in [0.5, 0.6) is 0 Å². The van der Waals surface area contributed by atoms with Gasteiger partial charge in [-0.15, -0.1) is 0 Å². The van der Waals surface area contributed by atoms with Crippen molar-refractivity contribution >= 4 is 57.0 Å². The van der Waals surface area contributed by atoms with E-state index in [4.69, 9.17) is 10.2 Å². The normalized spacial score (nSPS) is 12.5. The zero-order valence-electron chi connectivity index (χ0n) is 34.2. The first-order valence-corrected chi connectivity index (χ1v) is 21.4. The molecule has 0 bridgehead atoms. The molecule has 0 aliphatic carbocycles. The number of aromatic nitrogens is 1. The number of benzene rings is 6. The summed E-state index contributed by atoms with van der Waals surface area (Å²) in [6.07, 6.45) is 12.8. The first-order chi connectivity index (χ1) is 28.7. The van der Waals surface area contributed by atoms with Crippen molar-refractivity contribution in [1.82, 2.24) is 4.57 Å². The lowest BCUT2D eigenvalue weighted by Gasteiger charge is -2.33. The van der Waals surface area contributed by atoms with Gasteiger partial charge in [-0.2, -0.15) is 10.2 Å². The number of anilines is 4. The van der Waals surface area contributed by atoms with Crippen molar-refractivity contribution in [1.29, 1.82) is 0 Å². The summed E-state index contributed by atoms with van der Waals surface area (Å²) in [5.74, 6) is 0. The first-order valence-electron chi connectivity index (χ1n) is 21.4. The molecule has 6 heteroatoms. The third kappa shape index (κ3) is 8.87. The molecule has 58 heavy (non-hydrogen) atoms. The molecule has 8 rings (SSSR count). The molecule has 6 nitrogen and oxygen atoms in total. The molecule has 0 amide bonds. The Bertz CT molecular complexity index is 2470. The van der Waals surface area contributed by atoms with Crippen molar-refractivity contribution in [2.24, 2.45) is 10.2 Å². The molecule has 0 spiro atoms. The highest BCUT2D eigenvalue weighted by atomic mass is 15.5. The summed E-state index contributed by atoms with van der Waals surface area (Å²) >= 11 is 0. The Morgan fingerprint density at radius 2 is 1.07 bits per heavy atom. The molecule has 0 saturated heterocycles. The predicted molar refractivity (Wildman–Crippen MR) is 249 cm³/mol. The van der Waals surface area contributed by atoms with Crippen LogP contribution in [0.2, 0.25) is 0 Å². The van der Waals surface area contributed by atoms with E-state index >= 15 is 0 Å². The van der Waals surface area contributed by atoms with Gasteiger partial charge in [0.2, 0.25) is 0 Å². The topological polar surface area (TPSA) is 39.4 Å². The third-order valence-corrected chi connectivity index (χ3v) is 11.4. The summed E-state index contributed by atoms with van der Waals surface area (Å²) in [4.78, 5) is 2.51. The van der Waals surface area contributed by atoms with Crippen molar-refractivity contribution < 1.29 is 0 Å². The van der Waals surface area contributed by atoms with Crippen LogP contribution in [0, 0.1) is 0 Å². The van der Waals surface area contributed by atoms with E-state index in [0.29, 0.717) is 0 Å². The molecule has 0 saturated carbocycles. The van der Waals surface area contributed by atoms with E-state index in [1.165, 1.54) is 70.0 Å². The maximum absolute atomic E-state index is 5.09. The summed E-state index contributed by atoms with van der Waals surface area (Å²) < 4.78 is 2.48. The Kier molecular flexibility index (Phi) is 12.6. The van der Waals surface area contributed by atoms with Crippen LogP contribution in [-0.4, -0.2) is 36.6 Å². The number of hydrazone groups is 2. The first kappa shape index (κ1) is 38.7. The monoisotopic (exact) mass is 764 g/mol.